The molecule has 0 spiro atoms. The fraction of sp³-hybridized carbons (Fsp3) is 0.357. The van der Waals surface area contributed by atoms with E-state index in [0.717, 1.165) is 13.1 Å². The molecule has 0 amide bonds. The maximum Gasteiger partial charge on any atom is 0.0539 e. The lowest BCUT2D eigenvalue weighted by atomic mass is 10.1. The predicted octanol–water partition coefficient (Wildman–Crippen LogP) is 1.78. The van der Waals surface area contributed by atoms with Crippen molar-refractivity contribution in [2.24, 2.45) is 7.05 Å². The highest BCUT2D eigenvalue weighted by Crippen LogP contribution is 2.20. The number of hydrogen-bond donors (Lipinski definition) is 1. The summed E-state index contributed by atoms with van der Waals surface area (Å²) in [5, 5.41) is 7.40. The lowest BCUT2D eigenvalue weighted by Gasteiger charge is -2.21. The summed E-state index contributed by atoms with van der Waals surface area (Å²) < 4.78 is 1.84. The van der Waals surface area contributed by atoms with Crippen LogP contribution in [-0.4, -0.2) is 23.9 Å². The number of aromatic nitrogens is 2. The van der Waals surface area contributed by atoms with E-state index in [9.17, 15) is 0 Å². The maximum absolute atomic E-state index is 4.20. The normalized spacial score (nSPS) is 10.6. The third-order valence-electron chi connectivity index (χ3n) is 2.95. The van der Waals surface area contributed by atoms with Crippen LogP contribution in [0.25, 0.3) is 0 Å². The number of hydrogen-bond acceptors (Lipinski definition) is 3. The van der Waals surface area contributed by atoms with Gasteiger partial charge in [-0.15, -0.1) is 0 Å². The predicted molar refractivity (Wildman–Crippen MR) is 74.5 cm³/mol. The van der Waals surface area contributed by atoms with Gasteiger partial charge in [0.15, 0.2) is 0 Å². The zero-order chi connectivity index (χ0) is 13.0. The van der Waals surface area contributed by atoms with Crippen LogP contribution in [0.1, 0.15) is 11.1 Å². The van der Waals surface area contributed by atoms with E-state index in [-0.39, 0.29) is 0 Å². The van der Waals surface area contributed by atoms with Crippen molar-refractivity contribution in [3.05, 3.63) is 47.8 Å². The molecular formula is C14H20N4. The first-order valence-corrected chi connectivity index (χ1v) is 6.12. The molecule has 2 rings (SSSR count). The van der Waals surface area contributed by atoms with E-state index < -0.39 is 0 Å². The van der Waals surface area contributed by atoms with Gasteiger partial charge in [0.2, 0.25) is 0 Å². The van der Waals surface area contributed by atoms with E-state index in [4.69, 9.17) is 0 Å². The van der Waals surface area contributed by atoms with Crippen molar-refractivity contribution in [2.75, 3.05) is 19.0 Å². The van der Waals surface area contributed by atoms with E-state index in [1.165, 1.54) is 16.8 Å². The molecule has 0 unspecified atom stereocenters. The Kier molecular flexibility index (Phi) is 3.99. The first kappa shape index (κ1) is 12.6. The highest BCUT2D eigenvalue weighted by atomic mass is 15.2. The largest absolute Gasteiger partial charge is 0.370 e. The molecule has 4 nitrogen and oxygen atoms in total. The molecule has 0 aliphatic carbocycles. The molecule has 4 heteroatoms. The van der Waals surface area contributed by atoms with Crippen LogP contribution >= 0.6 is 0 Å². The SMILES string of the molecule is CNCc1ccccc1N(C)Cc1cnn(C)c1. The minimum absolute atomic E-state index is 0.870. The topological polar surface area (TPSA) is 33.1 Å². The molecule has 0 saturated carbocycles. The van der Waals surface area contributed by atoms with Crippen molar-refractivity contribution < 1.29 is 0 Å². The Morgan fingerprint density at radius 2 is 2.11 bits per heavy atom. The fourth-order valence-corrected chi connectivity index (χ4v) is 2.14. The van der Waals surface area contributed by atoms with Crippen molar-refractivity contribution in [1.29, 1.82) is 0 Å². The summed E-state index contributed by atoms with van der Waals surface area (Å²) in [5.74, 6) is 0. The second kappa shape index (κ2) is 5.69. The molecular weight excluding hydrogens is 224 g/mol. The van der Waals surface area contributed by atoms with Gasteiger partial charge in [-0.25, -0.2) is 0 Å². The molecule has 0 saturated heterocycles. The molecule has 0 atom stereocenters. The van der Waals surface area contributed by atoms with Gasteiger partial charge in [-0.3, -0.25) is 4.68 Å². The van der Waals surface area contributed by atoms with Crippen molar-refractivity contribution in [3.8, 4) is 0 Å². The molecule has 1 heterocycles. The first-order valence-electron chi connectivity index (χ1n) is 6.12. The maximum atomic E-state index is 4.20. The Hall–Kier alpha value is -1.81. The van der Waals surface area contributed by atoms with Crippen molar-refractivity contribution >= 4 is 5.69 Å². The minimum Gasteiger partial charge on any atom is -0.370 e. The zero-order valence-electron chi connectivity index (χ0n) is 11.2. The van der Waals surface area contributed by atoms with Crippen LogP contribution in [0.2, 0.25) is 0 Å². The van der Waals surface area contributed by atoms with E-state index in [2.05, 4.69) is 52.8 Å². The average molecular weight is 244 g/mol. The zero-order valence-corrected chi connectivity index (χ0v) is 11.2. The summed E-state index contributed by atoms with van der Waals surface area (Å²) >= 11 is 0. The van der Waals surface area contributed by atoms with Gasteiger partial charge in [0, 0.05) is 44.6 Å². The van der Waals surface area contributed by atoms with Gasteiger partial charge in [-0.2, -0.15) is 5.10 Å². The van der Waals surface area contributed by atoms with Crippen molar-refractivity contribution in [1.82, 2.24) is 15.1 Å². The minimum atomic E-state index is 0.870. The average Bonchev–Trinajstić information content (AvgIpc) is 2.76. The van der Waals surface area contributed by atoms with Gasteiger partial charge >= 0.3 is 0 Å². The second-order valence-corrected chi connectivity index (χ2v) is 4.54. The molecule has 0 aliphatic heterocycles. The molecule has 0 fully saturated rings. The number of nitrogens with one attached hydrogen (secondary N) is 1. The van der Waals surface area contributed by atoms with Crippen LogP contribution in [0.5, 0.6) is 0 Å². The van der Waals surface area contributed by atoms with Gasteiger partial charge in [0.1, 0.15) is 0 Å². The number of para-hydroxylation sites is 1. The Balaban J connectivity index is 2.15. The van der Waals surface area contributed by atoms with Gasteiger partial charge < -0.3 is 10.2 Å². The Morgan fingerprint density at radius 1 is 1.33 bits per heavy atom. The number of aryl methyl sites for hydroxylation is 1. The smallest absolute Gasteiger partial charge is 0.0539 e. The van der Waals surface area contributed by atoms with Gasteiger partial charge in [0.05, 0.1) is 6.20 Å². The molecule has 1 N–H and O–H groups in total. The summed E-state index contributed by atoms with van der Waals surface area (Å²) in [6, 6.07) is 8.47. The quantitative estimate of drug-likeness (QED) is 0.870. The number of rotatable bonds is 5. The van der Waals surface area contributed by atoms with Crippen molar-refractivity contribution in [2.45, 2.75) is 13.1 Å². The van der Waals surface area contributed by atoms with E-state index in [1.54, 1.807) is 0 Å². The molecule has 0 bridgehead atoms. The van der Waals surface area contributed by atoms with Crippen LogP contribution in [-0.2, 0) is 20.1 Å². The lowest BCUT2D eigenvalue weighted by molar-refractivity contribution is 0.766. The van der Waals surface area contributed by atoms with Crippen molar-refractivity contribution in [3.63, 3.8) is 0 Å². The van der Waals surface area contributed by atoms with Crippen LogP contribution in [0.15, 0.2) is 36.7 Å². The monoisotopic (exact) mass is 244 g/mol. The highest BCUT2D eigenvalue weighted by Gasteiger charge is 2.07. The van der Waals surface area contributed by atoms with E-state index in [0.29, 0.717) is 0 Å². The molecule has 1 aromatic carbocycles. The van der Waals surface area contributed by atoms with Gasteiger partial charge in [0.25, 0.3) is 0 Å². The molecule has 2 aromatic rings. The first-order chi connectivity index (χ1) is 8.70. The number of benzene rings is 1. The second-order valence-electron chi connectivity index (χ2n) is 4.54. The van der Waals surface area contributed by atoms with Gasteiger partial charge in [-0.1, -0.05) is 18.2 Å². The lowest BCUT2D eigenvalue weighted by Crippen LogP contribution is -2.19. The van der Waals surface area contributed by atoms with E-state index >= 15 is 0 Å². The Morgan fingerprint density at radius 3 is 2.78 bits per heavy atom. The van der Waals surface area contributed by atoms with Crippen LogP contribution in [0, 0.1) is 0 Å². The summed E-state index contributed by atoms with van der Waals surface area (Å²) in [6.45, 7) is 1.75. The summed E-state index contributed by atoms with van der Waals surface area (Å²) in [4.78, 5) is 2.25. The van der Waals surface area contributed by atoms with Crippen LogP contribution in [0.4, 0.5) is 5.69 Å². The van der Waals surface area contributed by atoms with Crippen LogP contribution in [0.3, 0.4) is 0 Å². The molecule has 96 valence electrons. The standard InChI is InChI=1S/C14H20N4/c1-15-9-13-6-4-5-7-14(13)17(2)10-12-8-16-18(3)11-12/h4-8,11,15H,9-10H2,1-3H3. The molecule has 1 aromatic heterocycles. The number of nitrogens with zero attached hydrogens (tertiary/aromatic N) is 3. The number of anilines is 1. The van der Waals surface area contributed by atoms with E-state index in [1.807, 2.05) is 25.0 Å². The third kappa shape index (κ3) is 2.90. The highest BCUT2D eigenvalue weighted by molar-refractivity contribution is 5.53. The Bertz CT molecular complexity index is 504. The van der Waals surface area contributed by atoms with Gasteiger partial charge in [-0.05, 0) is 18.7 Å². The molecule has 0 aliphatic rings. The third-order valence-corrected chi connectivity index (χ3v) is 2.95. The summed E-state index contributed by atoms with van der Waals surface area (Å²) in [5.41, 5.74) is 3.79. The summed E-state index contributed by atoms with van der Waals surface area (Å²) in [6.07, 6.45) is 3.97. The van der Waals surface area contributed by atoms with Crippen LogP contribution < -0.4 is 10.2 Å². The Labute approximate surface area is 108 Å². The fourth-order valence-electron chi connectivity index (χ4n) is 2.14. The summed E-state index contributed by atoms with van der Waals surface area (Å²) in [7, 11) is 6.03. The molecule has 18 heavy (non-hydrogen) atoms. The molecule has 0 radical (unpaired) electrons.